The van der Waals surface area contributed by atoms with Gasteiger partial charge in [0.25, 0.3) is 0 Å². The van der Waals surface area contributed by atoms with Crippen molar-refractivity contribution in [3.8, 4) is 0 Å². The highest BCUT2D eigenvalue weighted by atomic mass is 32.2. The van der Waals surface area contributed by atoms with Crippen LogP contribution in [-0.4, -0.2) is 56.6 Å². The first-order valence-corrected chi connectivity index (χ1v) is 12.6. The minimum absolute atomic E-state index is 0.0151. The monoisotopic (exact) mass is 418 g/mol. The molecule has 5 aliphatic rings. The third-order valence-electron chi connectivity index (χ3n) is 7.76. The molecule has 0 radical (unpaired) electrons. The van der Waals surface area contributed by atoms with Crippen molar-refractivity contribution in [3.63, 3.8) is 0 Å². The maximum atomic E-state index is 13.6. The van der Waals surface area contributed by atoms with Crippen molar-refractivity contribution >= 4 is 16.7 Å². The predicted octanol–water partition coefficient (Wildman–Crippen LogP) is 3.19. The number of benzene rings is 1. The average molecular weight is 419 g/mol. The summed E-state index contributed by atoms with van der Waals surface area (Å²) < 4.78 is 25.1. The van der Waals surface area contributed by atoms with Crippen LogP contribution in [0.15, 0.2) is 24.3 Å². The summed E-state index contributed by atoms with van der Waals surface area (Å²) in [4.78, 5) is 18.0. The lowest BCUT2D eigenvalue weighted by molar-refractivity contribution is -0.153. The van der Waals surface area contributed by atoms with Crippen LogP contribution in [0.25, 0.3) is 0 Å². The van der Waals surface area contributed by atoms with E-state index in [1.165, 1.54) is 31.4 Å². The van der Waals surface area contributed by atoms with Crippen molar-refractivity contribution in [2.45, 2.75) is 50.6 Å². The molecule has 0 spiro atoms. The quantitative estimate of drug-likeness (QED) is 0.737. The fraction of sp³-hybridized carbons (Fsp3) is 0.696. The molecule has 1 aromatic carbocycles. The van der Waals surface area contributed by atoms with Gasteiger partial charge >= 0.3 is 0 Å². The Bertz CT molecular complexity index is 751. The standard InChI is InChI=1S/C23H31FN2O2S/c24-21-3-1-17(2-4-21)15-26(22(27)16-25-5-7-29(28)8-6-25)23-12-18-9-19(13-23)11-20(10-18)14-23/h1-4,18-20H,5-16H2. The number of hydrogen-bond acceptors (Lipinski definition) is 3. The second-order valence-corrected chi connectivity index (χ2v) is 11.6. The highest BCUT2D eigenvalue weighted by molar-refractivity contribution is 7.85. The second-order valence-electron chi connectivity index (χ2n) is 9.87. The van der Waals surface area contributed by atoms with Crippen LogP contribution in [0, 0.1) is 23.6 Å². The van der Waals surface area contributed by atoms with E-state index >= 15 is 0 Å². The zero-order valence-electron chi connectivity index (χ0n) is 17.0. The number of carbonyl (C=O) groups is 1. The van der Waals surface area contributed by atoms with Crippen LogP contribution >= 0.6 is 0 Å². The Morgan fingerprint density at radius 1 is 1.03 bits per heavy atom. The van der Waals surface area contributed by atoms with Gasteiger partial charge in [0.05, 0.1) is 6.54 Å². The number of hydrogen-bond donors (Lipinski definition) is 0. The summed E-state index contributed by atoms with van der Waals surface area (Å²) in [5.41, 5.74) is 0.994. The molecule has 4 aliphatic carbocycles. The Morgan fingerprint density at radius 3 is 2.14 bits per heavy atom. The first-order chi connectivity index (χ1) is 14.0. The topological polar surface area (TPSA) is 40.6 Å². The molecule has 1 aromatic rings. The Hall–Kier alpha value is -1.27. The maximum absolute atomic E-state index is 13.6. The Labute approximate surface area is 175 Å². The molecule has 6 heteroatoms. The number of rotatable bonds is 5. The zero-order valence-corrected chi connectivity index (χ0v) is 17.8. The van der Waals surface area contributed by atoms with E-state index in [-0.39, 0.29) is 17.3 Å². The van der Waals surface area contributed by atoms with Crippen LogP contribution in [0.2, 0.25) is 0 Å². The molecule has 5 fully saturated rings. The van der Waals surface area contributed by atoms with Gasteiger partial charge in [-0.25, -0.2) is 4.39 Å². The van der Waals surface area contributed by atoms with Gasteiger partial charge in [-0.15, -0.1) is 0 Å². The first kappa shape index (κ1) is 19.7. The van der Waals surface area contributed by atoms with Gasteiger partial charge < -0.3 is 4.90 Å². The smallest absolute Gasteiger partial charge is 0.237 e. The predicted molar refractivity (Wildman–Crippen MR) is 112 cm³/mol. The summed E-state index contributed by atoms with van der Waals surface area (Å²) in [7, 11) is -0.731. The third-order valence-corrected chi connectivity index (χ3v) is 9.04. The number of carbonyl (C=O) groups excluding carboxylic acids is 1. The van der Waals surface area contributed by atoms with Crippen LogP contribution < -0.4 is 0 Å². The minimum Gasteiger partial charge on any atom is -0.332 e. The first-order valence-electron chi connectivity index (χ1n) is 11.1. The molecule has 1 amide bonds. The van der Waals surface area contributed by atoms with E-state index in [4.69, 9.17) is 0 Å². The highest BCUT2D eigenvalue weighted by Crippen LogP contribution is 2.58. The van der Waals surface area contributed by atoms with Crippen LogP contribution in [0.1, 0.15) is 44.1 Å². The van der Waals surface area contributed by atoms with E-state index in [2.05, 4.69) is 9.80 Å². The minimum atomic E-state index is -0.731. The molecular formula is C23H31FN2O2S. The van der Waals surface area contributed by atoms with Gasteiger partial charge in [0.1, 0.15) is 5.82 Å². The second kappa shape index (κ2) is 7.77. The van der Waals surface area contributed by atoms with Gasteiger partial charge in [-0.05, 0) is 74.0 Å². The normalized spacial score (nSPS) is 34.4. The summed E-state index contributed by atoms with van der Waals surface area (Å²) in [6, 6.07) is 6.63. The number of nitrogens with zero attached hydrogens (tertiary/aromatic N) is 2. The molecule has 1 aliphatic heterocycles. The van der Waals surface area contributed by atoms with E-state index in [9.17, 15) is 13.4 Å². The lowest BCUT2D eigenvalue weighted by atomic mass is 9.52. The van der Waals surface area contributed by atoms with E-state index in [1.54, 1.807) is 0 Å². The van der Waals surface area contributed by atoms with Gasteiger partial charge in [-0.1, -0.05) is 12.1 Å². The molecule has 4 nitrogen and oxygen atoms in total. The molecule has 0 aromatic heterocycles. The van der Waals surface area contributed by atoms with Crippen LogP contribution in [-0.2, 0) is 22.1 Å². The van der Waals surface area contributed by atoms with Gasteiger partial charge in [-0.2, -0.15) is 0 Å². The molecule has 4 saturated carbocycles. The van der Waals surface area contributed by atoms with E-state index in [0.29, 0.717) is 24.6 Å². The van der Waals surface area contributed by atoms with E-state index < -0.39 is 10.8 Å². The van der Waals surface area contributed by atoms with Crippen LogP contribution in [0.5, 0.6) is 0 Å². The Balaban J connectivity index is 1.39. The van der Waals surface area contributed by atoms with Crippen molar-refractivity contribution in [2.75, 3.05) is 31.1 Å². The molecule has 0 atom stereocenters. The fourth-order valence-corrected chi connectivity index (χ4v) is 7.93. The lowest BCUT2D eigenvalue weighted by Crippen LogP contribution is -2.62. The summed E-state index contributed by atoms with van der Waals surface area (Å²) in [6.07, 6.45) is 7.43. The largest absolute Gasteiger partial charge is 0.332 e. The zero-order chi connectivity index (χ0) is 20.0. The lowest BCUT2D eigenvalue weighted by Gasteiger charge is -2.60. The molecule has 1 heterocycles. The molecule has 4 bridgehead atoms. The summed E-state index contributed by atoms with van der Waals surface area (Å²) in [6.45, 7) is 2.47. The number of halogens is 1. The third kappa shape index (κ3) is 4.02. The SMILES string of the molecule is O=C(CN1CCS(=O)CC1)N(Cc1ccc(F)cc1)C12CC3CC(CC(C3)C1)C2. The van der Waals surface area contributed by atoms with E-state index in [0.717, 1.165) is 55.7 Å². The average Bonchev–Trinajstić information content (AvgIpc) is 2.68. The summed E-state index contributed by atoms with van der Waals surface area (Å²) in [5.74, 6) is 3.60. The molecule has 1 saturated heterocycles. The maximum Gasteiger partial charge on any atom is 0.237 e. The highest BCUT2D eigenvalue weighted by Gasteiger charge is 2.54. The van der Waals surface area contributed by atoms with Gasteiger partial charge in [0.15, 0.2) is 0 Å². The molecule has 0 unspecified atom stereocenters. The molecule has 29 heavy (non-hydrogen) atoms. The summed E-state index contributed by atoms with van der Waals surface area (Å²) >= 11 is 0. The van der Waals surface area contributed by atoms with Gasteiger partial charge in [0.2, 0.25) is 5.91 Å². The molecule has 158 valence electrons. The van der Waals surface area contributed by atoms with Crippen molar-refractivity contribution in [1.29, 1.82) is 0 Å². The summed E-state index contributed by atoms with van der Waals surface area (Å²) in [5, 5.41) is 0. The molecular weight excluding hydrogens is 387 g/mol. The van der Waals surface area contributed by atoms with Crippen LogP contribution in [0.3, 0.4) is 0 Å². The van der Waals surface area contributed by atoms with Crippen molar-refractivity contribution in [3.05, 3.63) is 35.6 Å². The van der Waals surface area contributed by atoms with Crippen molar-refractivity contribution in [1.82, 2.24) is 9.80 Å². The van der Waals surface area contributed by atoms with E-state index in [1.807, 2.05) is 12.1 Å². The molecule has 6 rings (SSSR count). The van der Waals surface area contributed by atoms with Gasteiger partial charge in [-0.3, -0.25) is 13.9 Å². The Kier molecular flexibility index (Phi) is 5.27. The van der Waals surface area contributed by atoms with Crippen LogP contribution in [0.4, 0.5) is 4.39 Å². The number of amides is 1. The van der Waals surface area contributed by atoms with Gasteiger partial charge in [0, 0.05) is 47.5 Å². The van der Waals surface area contributed by atoms with Crippen molar-refractivity contribution in [2.24, 2.45) is 17.8 Å². The molecule has 0 N–H and O–H groups in total. The fourth-order valence-electron chi connectivity index (χ4n) is 6.80. The van der Waals surface area contributed by atoms with Crippen molar-refractivity contribution < 1.29 is 13.4 Å². The Morgan fingerprint density at radius 2 is 1.59 bits per heavy atom.